The van der Waals surface area contributed by atoms with Gasteiger partial charge < -0.3 is 25.4 Å². The van der Waals surface area contributed by atoms with Crippen LogP contribution in [-0.2, 0) is 23.9 Å². The van der Waals surface area contributed by atoms with E-state index in [0.717, 1.165) is 38.5 Å². The topological polar surface area (TPSA) is 126 Å². The van der Waals surface area contributed by atoms with Crippen LogP contribution in [0.3, 0.4) is 0 Å². The Hall–Kier alpha value is -4.25. The van der Waals surface area contributed by atoms with Gasteiger partial charge in [0.1, 0.15) is 12.8 Å². The van der Waals surface area contributed by atoms with Gasteiger partial charge in [0.15, 0.2) is 0 Å². The van der Waals surface area contributed by atoms with E-state index in [-0.39, 0.29) is 37.0 Å². The Morgan fingerprint density at radius 2 is 1.35 bits per heavy atom. The molecule has 0 aliphatic carbocycles. The van der Waals surface area contributed by atoms with Crippen molar-refractivity contribution in [1.29, 1.82) is 0 Å². The molecule has 11 heteroatoms. The molecule has 1 aliphatic heterocycles. The number of carbonyl (C=O) groups is 4. The van der Waals surface area contributed by atoms with E-state index in [1.807, 2.05) is 13.0 Å². The molecule has 3 atom stereocenters. The molecule has 1 fully saturated rings. The Labute approximate surface area is 286 Å². The first-order valence-corrected chi connectivity index (χ1v) is 16.6. The lowest BCUT2D eigenvalue weighted by Crippen LogP contribution is -2.36. The first-order chi connectivity index (χ1) is 23.4. The number of hydrogen-bond acceptors (Lipinski definition) is 6. The summed E-state index contributed by atoms with van der Waals surface area (Å²) in [6.45, 7) is 4.61. The first kappa shape index (κ1) is 43.8. The number of likely N-dealkylation sites (N-methyl/N-ethyl adjacent to an activating group) is 1. The summed E-state index contributed by atoms with van der Waals surface area (Å²) in [7, 11) is 1.99. The third-order valence-electron chi connectivity index (χ3n) is 6.76. The van der Waals surface area contributed by atoms with Gasteiger partial charge in [-0.05, 0) is 51.4 Å². The zero-order chi connectivity index (χ0) is 35.7. The highest BCUT2D eigenvalue weighted by atomic mass is 19.1. The van der Waals surface area contributed by atoms with Crippen LogP contribution in [0.1, 0.15) is 71.6 Å². The molecule has 1 aliphatic rings. The summed E-state index contributed by atoms with van der Waals surface area (Å²) in [5.74, 6) is -0.436. The highest BCUT2D eigenvalue weighted by molar-refractivity contribution is 5.87. The number of alkyl carbamates (subject to hydrolysis) is 1. The number of allylic oxidation sites excluding steroid dienone is 12. The van der Waals surface area contributed by atoms with Gasteiger partial charge in [-0.25, -0.2) is 4.79 Å². The minimum Gasteiger partial charge on any atom is -0.447 e. The minimum absolute atomic E-state index is 0.0145. The summed E-state index contributed by atoms with van der Waals surface area (Å²) >= 11 is 0. The fraction of sp³-hybridized carbons (Fsp3) is 0.514. The van der Waals surface area contributed by atoms with Crippen molar-refractivity contribution in [2.75, 3.05) is 33.9 Å². The number of rotatable bonds is 23. The molecule has 48 heavy (non-hydrogen) atoms. The van der Waals surface area contributed by atoms with Crippen LogP contribution in [0.5, 0.6) is 0 Å². The van der Waals surface area contributed by atoms with Gasteiger partial charge in [0, 0.05) is 44.8 Å². The van der Waals surface area contributed by atoms with Gasteiger partial charge >= 0.3 is 6.09 Å². The fourth-order valence-corrected chi connectivity index (χ4v) is 4.33. The molecule has 1 rings (SSSR count). The molecule has 3 N–H and O–H groups in total. The van der Waals surface area contributed by atoms with Crippen molar-refractivity contribution < 1.29 is 33.0 Å². The lowest BCUT2D eigenvalue weighted by molar-refractivity contribution is -0.129. The number of hydrogen-bond donors (Lipinski definition) is 3. The maximum absolute atomic E-state index is 12.0. The normalized spacial score (nSPS) is 18.0. The van der Waals surface area contributed by atoms with Crippen molar-refractivity contribution in [3.05, 3.63) is 85.2 Å². The number of amides is 4. The SMILES string of the molecule is CC/C=C\C/C=C\C/C=C\C/C=C\C/C=C\C/C=C\CCC(=O)NCCNC(=O)OCC1CC(C)C(N(C=O)/C=C\C(=O)NC)O1.CF. The largest absolute Gasteiger partial charge is 0.447 e. The highest BCUT2D eigenvalue weighted by Gasteiger charge is 2.36. The van der Waals surface area contributed by atoms with Crippen LogP contribution in [0.25, 0.3) is 0 Å². The van der Waals surface area contributed by atoms with Crippen molar-refractivity contribution in [2.45, 2.75) is 84.0 Å². The van der Waals surface area contributed by atoms with Crippen LogP contribution in [0, 0.1) is 5.92 Å². The van der Waals surface area contributed by atoms with Gasteiger partial charge in [-0.2, -0.15) is 0 Å². The van der Waals surface area contributed by atoms with Gasteiger partial charge in [-0.15, -0.1) is 0 Å². The monoisotopic (exact) mass is 672 g/mol. The maximum atomic E-state index is 12.0. The smallest absolute Gasteiger partial charge is 0.407 e. The Morgan fingerprint density at radius 3 is 1.88 bits per heavy atom. The van der Waals surface area contributed by atoms with E-state index < -0.39 is 12.3 Å². The molecule has 268 valence electrons. The van der Waals surface area contributed by atoms with E-state index in [0.29, 0.717) is 39.4 Å². The highest BCUT2D eigenvalue weighted by Crippen LogP contribution is 2.28. The maximum Gasteiger partial charge on any atom is 0.407 e. The average molecular weight is 673 g/mol. The molecule has 0 saturated carbocycles. The standard InChI is InChI=1S/C36H54N4O6.CH3F/c1-4-5-6-7-8-9-10-11-12-13-14-15-16-17-18-19-20-21-22-23-34(43)38-25-26-39-36(44)45-29-32-28-31(2)35(46-32)40(30-41)27-24-33(42)37-3;1-2/h5-6,8-9,11-12,14-15,17-18,20-21,24,27,30-32,35H,4,7,10,13,16,19,22-23,25-26,28-29H2,1-3H3,(H,37,42)(H,38,43)(H,39,44);1H3/b6-5-,9-8-,12-11-,15-14-,18-17-,21-20-,27-24-;. The summed E-state index contributed by atoms with van der Waals surface area (Å²) in [5.41, 5.74) is 0. The van der Waals surface area contributed by atoms with E-state index in [4.69, 9.17) is 9.47 Å². The molecule has 3 unspecified atom stereocenters. The third-order valence-corrected chi connectivity index (χ3v) is 6.76. The van der Waals surface area contributed by atoms with Crippen LogP contribution in [0.2, 0.25) is 0 Å². The van der Waals surface area contributed by atoms with Crippen molar-refractivity contribution in [1.82, 2.24) is 20.9 Å². The van der Waals surface area contributed by atoms with Crippen LogP contribution in [0.4, 0.5) is 9.18 Å². The van der Waals surface area contributed by atoms with Crippen LogP contribution < -0.4 is 16.0 Å². The Bertz CT molecular complexity index is 1100. The van der Waals surface area contributed by atoms with E-state index in [1.165, 1.54) is 24.2 Å². The van der Waals surface area contributed by atoms with Crippen molar-refractivity contribution in [3.8, 4) is 0 Å². The van der Waals surface area contributed by atoms with Gasteiger partial charge in [0.05, 0.1) is 13.3 Å². The summed E-state index contributed by atoms with van der Waals surface area (Å²) in [5, 5.41) is 7.81. The second kappa shape index (κ2) is 31.4. The Morgan fingerprint density at radius 1 is 0.833 bits per heavy atom. The summed E-state index contributed by atoms with van der Waals surface area (Å²) in [4.78, 5) is 48.2. The van der Waals surface area contributed by atoms with Crippen molar-refractivity contribution >= 4 is 24.3 Å². The fourth-order valence-electron chi connectivity index (χ4n) is 4.33. The molecule has 0 aromatic heterocycles. The van der Waals surface area contributed by atoms with E-state index in [9.17, 15) is 23.6 Å². The number of nitrogens with one attached hydrogen (secondary N) is 3. The van der Waals surface area contributed by atoms with Crippen LogP contribution in [-0.4, -0.2) is 75.5 Å². The molecular formula is C37H57FN4O6. The van der Waals surface area contributed by atoms with Crippen molar-refractivity contribution in [2.24, 2.45) is 5.92 Å². The predicted molar refractivity (Wildman–Crippen MR) is 190 cm³/mol. The number of carbonyl (C=O) groups excluding carboxylic acids is 4. The van der Waals surface area contributed by atoms with Gasteiger partial charge in [-0.1, -0.05) is 86.8 Å². The molecule has 0 bridgehead atoms. The predicted octanol–water partition coefficient (Wildman–Crippen LogP) is 6.36. The zero-order valence-corrected chi connectivity index (χ0v) is 29.2. The summed E-state index contributed by atoms with van der Waals surface area (Å²) in [6.07, 6.45) is 34.8. The summed E-state index contributed by atoms with van der Waals surface area (Å²) < 4.78 is 20.6. The molecule has 0 radical (unpaired) electrons. The molecular weight excluding hydrogens is 615 g/mol. The molecule has 1 saturated heterocycles. The number of alkyl halides is 1. The van der Waals surface area contributed by atoms with E-state index in [1.54, 1.807) is 0 Å². The minimum atomic E-state index is -0.612. The lowest BCUT2D eigenvalue weighted by Gasteiger charge is -2.24. The van der Waals surface area contributed by atoms with Crippen molar-refractivity contribution in [3.63, 3.8) is 0 Å². The van der Waals surface area contributed by atoms with E-state index in [2.05, 4.69) is 89.7 Å². The number of ether oxygens (including phenoxy) is 2. The Balaban J connectivity index is 0.0000108. The molecule has 0 aromatic carbocycles. The van der Waals surface area contributed by atoms with Gasteiger partial charge in [-0.3, -0.25) is 23.7 Å². The number of nitrogens with zero attached hydrogens (tertiary/aromatic N) is 1. The lowest BCUT2D eigenvalue weighted by atomic mass is 10.1. The van der Waals surface area contributed by atoms with Crippen LogP contribution >= 0.6 is 0 Å². The third kappa shape index (κ3) is 24.0. The zero-order valence-electron chi connectivity index (χ0n) is 29.2. The molecule has 0 aromatic rings. The average Bonchev–Trinajstić information content (AvgIpc) is 3.47. The Kier molecular flexibility index (Phi) is 28.6. The van der Waals surface area contributed by atoms with E-state index >= 15 is 0 Å². The second-order valence-corrected chi connectivity index (χ2v) is 10.7. The van der Waals surface area contributed by atoms with Gasteiger partial charge in [0.2, 0.25) is 18.2 Å². The first-order valence-electron chi connectivity index (χ1n) is 16.6. The molecule has 4 amide bonds. The second-order valence-electron chi connectivity index (χ2n) is 10.7. The van der Waals surface area contributed by atoms with Crippen LogP contribution in [0.15, 0.2) is 85.2 Å². The quantitative estimate of drug-likeness (QED) is 0.0502. The molecule has 1 heterocycles. The number of halogens is 1. The summed E-state index contributed by atoms with van der Waals surface area (Å²) in [6, 6.07) is 0. The molecule has 10 nitrogen and oxygen atoms in total. The van der Waals surface area contributed by atoms with Gasteiger partial charge in [0.25, 0.3) is 0 Å². The molecule has 0 spiro atoms.